The average molecular weight is 374 g/mol. The normalized spacial score (nSPS) is 11.9. The van der Waals surface area contributed by atoms with Gasteiger partial charge in [0.1, 0.15) is 6.54 Å². The van der Waals surface area contributed by atoms with E-state index in [1.54, 1.807) is 12.1 Å². The van der Waals surface area contributed by atoms with Gasteiger partial charge in [-0.2, -0.15) is 27.8 Å². The third-order valence-corrected chi connectivity index (χ3v) is 3.68. The van der Waals surface area contributed by atoms with E-state index < -0.39 is 18.7 Å². The zero-order valence-electron chi connectivity index (χ0n) is 12.7. The number of halogens is 5. The van der Waals surface area contributed by atoms with E-state index in [0.29, 0.717) is 22.5 Å². The van der Waals surface area contributed by atoms with Crippen molar-refractivity contribution in [3.63, 3.8) is 0 Å². The monoisotopic (exact) mass is 373 g/mol. The van der Waals surface area contributed by atoms with E-state index in [-0.39, 0.29) is 17.2 Å². The van der Waals surface area contributed by atoms with Crippen molar-refractivity contribution in [1.29, 1.82) is 0 Å². The molecule has 1 N–H and O–H groups in total. The Morgan fingerprint density at radius 1 is 1.12 bits per heavy atom. The van der Waals surface area contributed by atoms with Crippen molar-refractivity contribution in [2.45, 2.75) is 25.6 Å². The van der Waals surface area contributed by atoms with Crippen LogP contribution in [0.4, 0.5) is 17.6 Å². The Labute approximate surface area is 144 Å². The molecule has 0 bridgehead atoms. The Morgan fingerprint density at radius 2 is 1.84 bits per heavy atom. The molecule has 3 rings (SSSR count). The fraction of sp³-hybridized carbons (Fsp3) is 0.267. The Bertz CT molecular complexity index is 854. The molecule has 0 fully saturated rings. The predicted molar refractivity (Wildman–Crippen MR) is 82.5 cm³/mol. The summed E-state index contributed by atoms with van der Waals surface area (Å²) in [6, 6.07) is 7.06. The second-order valence-corrected chi connectivity index (χ2v) is 5.79. The number of hydrogen-bond donors (Lipinski definition) is 1. The van der Waals surface area contributed by atoms with Crippen LogP contribution in [-0.2, 0) is 19.4 Å². The van der Waals surface area contributed by atoms with Crippen LogP contribution in [0, 0.1) is 5.95 Å². The minimum absolute atomic E-state index is 0.158. The van der Waals surface area contributed by atoms with Gasteiger partial charge in [0.05, 0.1) is 11.8 Å². The minimum atomic E-state index is -4.50. The molecule has 0 saturated carbocycles. The second kappa shape index (κ2) is 6.83. The molecule has 0 amide bonds. The van der Waals surface area contributed by atoms with Gasteiger partial charge in [0.2, 0.25) is 5.95 Å². The largest absolute Gasteiger partial charge is 0.408 e. The van der Waals surface area contributed by atoms with Gasteiger partial charge in [-0.3, -0.25) is 5.10 Å². The summed E-state index contributed by atoms with van der Waals surface area (Å²) in [5, 5.41) is 9.98. The number of aryl methyl sites for hydroxylation is 2. The third-order valence-electron chi connectivity index (χ3n) is 3.43. The summed E-state index contributed by atoms with van der Waals surface area (Å²) >= 11 is 5.81. The van der Waals surface area contributed by atoms with Crippen LogP contribution in [0.1, 0.15) is 11.4 Å². The standard InChI is InChI=1S/C15H12ClF4N5/c16-10-4-1-9(2-5-10)3-6-12-22-14(11-7-21-23-13(11)17)25(24-12)8-15(18,19)20/h1-2,4-5,7H,3,6,8H2,(H,21,23). The summed E-state index contributed by atoms with van der Waals surface area (Å²) in [6.07, 6.45) is -2.61. The first-order valence-electron chi connectivity index (χ1n) is 7.26. The van der Waals surface area contributed by atoms with Crippen LogP contribution in [-0.4, -0.2) is 31.1 Å². The summed E-state index contributed by atoms with van der Waals surface area (Å²) in [5.41, 5.74) is 0.780. The lowest BCUT2D eigenvalue weighted by Crippen LogP contribution is -2.19. The Hall–Kier alpha value is -2.42. The van der Waals surface area contributed by atoms with Gasteiger partial charge < -0.3 is 0 Å². The van der Waals surface area contributed by atoms with E-state index in [0.717, 1.165) is 11.8 Å². The van der Waals surface area contributed by atoms with Crippen molar-refractivity contribution < 1.29 is 17.6 Å². The maximum absolute atomic E-state index is 13.7. The zero-order chi connectivity index (χ0) is 18.0. The summed E-state index contributed by atoms with van der Waals surface area (Å²) in [6.45, 7) is -1.36. The number of aromatic nitrogens is 5. The molecular weight excluding hydrogens is 362 g/mol. The molecule has 0 aliphatic carbocycles. The molecule has 2 aromatic heterocycles. The molecule has 0 spiro atoms. The summed E-state index contributed by atoms with van der Waals surface area (Å²) in [7, 11) is 0. The third kappa shape index (κ3) is 4.36. The van der Waals surface area contributed by atoms with Gasteiger partial charge in [-0.1, -0.05) is 23.7 Å². The second-order valence-electron chi connectivity index (χ2n) is 5.35. The summed E-state index contributed by atoms with van der Waals surface area (Å²) in [4.78, 5) is 4.06. The molecule has 3 aromatic rings. The number of aromatic amines is 1. The fourth-order valence-corrected chi connectivity index (χ4v) is 2.43. The molecule has 0 atom stereocenters. The predicted octanol–water partition coefficient (Wildman–Crippen LogP) is 3.81. The average Bonchev–Trinajstić information content (AvgIpc) is 3.11. The molecule has 2 heterocycles. The van der Waals surface area contributed by atoms with E-state index >= 15 is 0 Å². The van der Waals surface area contributed by atoms with Gasteiger partial charge >= 0.3 is 6.18 Å². The lowest BCUT2D eigenvalue weighted by Gasteiger charge is -2.07. The van der Waals surface area contributed by atoms with E-state index in [4.69, 9.17) is 11.6 Å². The van der Waals surface area contributed by atoms with Gasteiger partial charge in [-0.05, 0) is 24.1 Å². The number of hydrogen-bond acceptors (Lipinski definition) is 3. The lowest BCUT2D eigenvalue weighted by molar-refractivity contribution is -0.142. The first-order chi connectivity index (χ1) is 11.8. The smallest absolute Gasteiger partial charge is 0.252 e. The Balaban J connectivity index is 1.85. The topological polar surface area (TPSA) is 59.4 Å². The molecule has 1 aromatic carbocycles. The number of H-pyrrole nitrogens is 1. The number of rotatable bonds is 5. The molecule has 0 unspecified atom stereocenters. The van der Waals surface area contributed by atoms with Crippen LogP contribution in [0.25, 0.3) is 11.4 Å². The van der Waals surface area contributed by atoms with Crippen LogP contribution in [0.2, 0.25) is 5.02 Å². The van der Waals surface area contributed by atoms with Gasteiger partial charge in [0.15, 0.2) is 11.6 Å². The number of nitrogens with one attached hydrogen (secondary N) is 1. The molecule has 25 heavy (non-hydrogen) atoms. The van der Waals surface area contributed by atoms with E-state index in [2.05, 4.69) is 15.2 Å². The highest BCUT2D eigenvalue weighted by Gasteiger charge is 2.31. The van der Waals surface area contributed by atoms with E-state index in [1.807, 2.05) is 17.2 Å². The number of alkyl halides is 3. The molecule has 0 radical (unpaired) electrons. The van der Waals surface area contributed by atoms with Crippen LogP contribution >= 0.6 is 11.6 Å². The molecule has 132 valence electrons. The minimum Gasteiger partial charge on any atom is -0.252 e. The molecule has 10 heteroatoms. The van der Waals surface area contributed by atoms with Crippen molar-refractivity contribution >= 4 is 11.6 Å². The van der Waals surface area contributed by atoms with E-state index in [1.165, 1.54) is 0 Å². The van der Waals surface area contributed by atoms with Crippen LogP contribution in [0.5, 0.6) is 0 Å². The van der Waals surface area contributed by atoms with Crippen LogP contribution < -0.4 is 0 Å². The molecule has 0 aliphatic heterocycles. The first kappa shape index (κ1) is 17.4. The summed E-state index contributed by atoms with van der Waals surface area (Å²) in [5.74, 6) is -0.885. The van der Waals surface area contributed by atoms with E-state index in [9.17, 15) is 17.6 Å². The van der Waals surface area contributed by atoms with Crippen molar-refractivity contribution in [3.8, 4) is 11.4 Å². The zero-order valence-corrected chi connectivity index (χ0v) is 13.4. The quantitative estimate of drug-likeness (QED) is 0.692. The van der Waals surface area contributed by atoms with Crippen LogP contribution in [0.15, 0.2) is 30.5 Å². The number of benzene rings is 1. The van der Waals surface area contributed by atoms with Crippen molar-refractivity contribution in [3.05, 3.63) is 52.8 Å². The highest BCUT2D eigenvalue weighted by atomic mass is 35.5. The molecule has 0 saturated heterocycles. The molecule has 0 aliphatic rings. The molecular formula is C15H12ClF4N5. The molecule has 5 nitrogen and oxygen atoms in total. The highest BCUT2D eigenvalue weighted by molar-refractivity contribution is 6.30. The van der Waals surface area contributed by atoms with Gasteiger partial charge in [-0.15, -0.1) is 0 Å². The Kier molecular flexibility index (Phi) is 4.76. The van der Waals surface area contributed by atoms with Crippen molar-refractivity contribution in [2.75, 3.05) is 0 Å². The maximum atomic E-state index is 13.7. The number of nitrogens with zero attached hydrogens (tertiary/aromatic N) is 4. The fourth-order valence-electron chi connectivity index (χ4n) is 2.31. The van der Waals surface area contributed by atoms with Crippen LogP contribution in [0.3, 0.4) is 0 Å². The van der Waals surface area contributed by atoms with Gasteiger partial charge in [0.25, 0.3) is 0 Å². The summed E-state index contributed by atoms with van der Waals surface area (Å²) < 4.78 is 52.5. The maximum Gasteiger partial charge on any atom is 0.408 e. The SMILES string of the molecule is Fc1[nH]ncc1-c1nc(CCc2ccc(Cl)cc2)nn1CC(F)(F)F. The van der Waals surface area contributed by atoms with Gasteiger partial charge in [0, 0.05) is 11.4 Å². The highest BCUT2D eigenvalue weighted by Crippen LogP contribution is 2.24. The van der Waals surface area contributed by atoms with Crippen molar-refractivity contribution in [2.24, 2.45) is 0 Å². The first-order valence-corrected chi connectivity index (χ1v) is 7.64. The van der Waals surface area contributed by atoms with Crippen molar-refractivity contribution in [1.82, 2.24) is 25.0 Å². The Morgan fingerprint density at radius 3 is 2.44 bits per heavy atom. The van der Waals surface area contributed by atoms with Gasteiger partial charge in [-0.25, -0.2) is 9.67 Å². The lowest BCUT2D eigenvalue weighted by atomic mass is 10.1.